The van der Waals surface area contributed by atoms with Crippen molar-refractivity contribution in [2.24, 2.45) is 0 Å². The molecule has 4 rings (SSSR count). The third-order valence-electron chi connectivity index (χ3n) is 5.02. The number of nitrogens with zero attached hydrogens (tertiary/aromatic N) is 2. The molecule has 0 radical (unpaired) electrons. The van der Waals surface area contributed by atoms with E-state index in [1.165, 1.54) is 5.52 Å². The zero-order valence-corrected chi connectivity index (χ0v) is 14.4. The van der Waals surface area contributed by atoms with Crippen LogP contribution in [0.1, 0.15) is 12.8 Å². The lowest BCUT2D eigenvalue weighted by Gasteiger charge is -2.26. The Morgan fingerprint density at radius 3 is 2.84 bits per heavy atom. The van der Waals surface area contributed by atoms with Crippen molar-refractivity contribution in [1.29, 1.82) is 0 Å². The number of aromatic nitrogens is 1. The van der Waals surface area contributed by atoms with Crippen LogP contribution in [0, 0.1) is 0 Å². The van der Waals surface area contributed by atoms with Crippen LogP contribution in [-0.4, -0.2) is 60.9 Å². The summed E-state index contributed by atoms with van der Waals surface area (Å²) in [4.78, 5) is 14.6. The summed E-state index contributed by atoms with van der Waals surface area (Å²) in [7, 11) is 0. The minimum absolute atomic E-state index is 0.0383. The van der Waals surface area contributed by atoms with Gasteiger partial charge in [0.1, 0.15) is 6.10 Å². The van der Waals surface area contributed by atoms with Crippen LogP contribution in [0.5, 0.6) is 0 Å². The summed E-state index contributed by atoms with van der Waals surface area (Å²) in [6.07, 6.45) is 3.60. The molecule has 2 fully saturated rings. The quantitative estimate of drug-likeness (QED) is 0.903. The summed E-state index contributed by atoms with van der Waals surface area (Å²) < 4.78 is 13.1. The van der Waals surface area contributed by atoms with Crippen LogP contribution in [0.2, 0.25) is 0 Å². The van der Waals surface area contributed by atoms with Gasteiger partial charge in [0.25, 0.3) is 5.91 Å². The summed E-state index contributed by atoms with van der Waals surface area (Å²) in [6.45, 7) is 6.37. The summed E-state index contributed by atoms with van der Waals surface area (Å²) in [5.74, 6) is -0.0383. The van der Waals surface area contributed by atoms with E-state index in [-0.39, 0.29) is 12.0 Å². The maximum absolute atomic E-state index is 12.2. The van der Waals surface area contributed by atoms with E-state index in [1.807, 2.05) is 12.1 Å². The summed E-state index contributed by atoms with van der Waals surface area (Å²) in [6, 6.07) is 8.20. The summed E-state index contributed by atoms with van der Waals surface area (Å²) in [5.41, 5.74) is 2.03. The molecule has 134 valence electrons. The van der Waals surface area contributed by atoms with E-state index in [2.05, 4.69) is 33.1 Å². The third-order valence-corrected chi connectivity index (χ3v) is 5.02. The molecule has 1 atom stereocenters. The van der Waals surface area contributed by atoms with Gasteiger partial charge in [-0.2, -0.15) is 0 Å². The lowest BCUT2D eigenvalue weighted by Crippen LogP contribution is -2.38. The zero-order valence-electron chi connectivity index (χ0n) is 14.4. The standard InChI is InChI=1S/C19H25N3O3/c23-19(18-2-1-11-25-18)20-16-3-4-17-15(14-16)5-6-22(17)8-7-21-9-12-24-13-10-21/h3-6,14,18H,1-2,7-13H2,(H,20,23)/t18-/m0/s1. The van der Waals surface area contributed by atoms with Crippen LogP contribution in [0.3, 0.4) is 0 Å². The molecule has 0 spiro atoms. The molecule has 25 heavy (non-hydrogen) atoms. The van der Waals surface area contributed by atoms with Gasteiger partial charge in [-0.15, -0.1) is 0 Å². The van der Waals surface area contributed by atoms with Gasteiger partial charge in [0.15, 0.2) is 0 Å². The van der Waals surface area contributed by atoms with Crippen LogP contribution in [0.4, 0.5) is 5.69 Å². The van der Waals surface area contributed by atoms with Crippen molar-refractivity contribution in [2.45, 2.75) is 25.5 Å². The molecule has 0 aliphatic carbocycles. The van der Waals surface area contributed by atoms with E-state index in [0.717, 1.165) is 63.3 Å². The Hall–Kier alpha value is -1.89. The monoisotopic (exact) mass is 343 g/mol. The predicted molar refractivity (Wildman–Crippen MR) is 96.8 cm³/mol. The third kappa shape index (κ3) is 3.86. The van der Waals surface area contributed by atoms with Gasteiger partial charge in [-0.05, 0) is 37.1 Å². The second-order valence-electron chi connectivity index (χ2n) is 6.73. The average Bonchev–Trinajstić information content (AvgIpc) is 3.31. The molecule has 0 saturated carbocycles. The fourth-order valence-electron chi connectivity index (χ4n) is 3.55. The van der Waals surface area contributed by atoms with Gasteiger partial charge in [0.05, 0.1) is 13.2 Å². The summed E-state index contributed by atoms with van der Waals surface area (Å²) >= 11 is 0. The Balaban J connectivity index is 1.40. The van der Waals surface area contributed by atoms with Gasteiger partial charge in [-0.1, -0.05) is 0 Å². The van der Waals surface area contributed by atoms with Crippen molar-refractivity contribution >= 4 is 22.5 Å². The van der Waals surface area contributed by atoms with Crippen molar-refractivity contribution in [2.75, 3.05) is 44.8 Å². The normalized spacial score (nSPS) is 21.7. The highest BCUT2D eigenvalue weighted by molar-refractivity contribution is 5.96. The molecule has 0 bridgehead atoms. The molecule has 1 aromatic carbocycles. The molecule has 1 aromatic heterocycles. The first-order valence-electron chi connectivity index (χ1n) is 9.11. The summed E-state index contributed by atoms with van der Waals surface area (Å²) in [5, 5.41) is 4.12. The van der Waals surface area contributed by atoms with Gasteiger partial charge in [0.2, 0.25) is 0 Å². The Bertz CT molecular complexity index is 731. The van der Waals surface area contributed by atoms with E-state index >= 15 is 0 Å². The number of amides is 1. The van der Waals surface area contributed by atoms with Gasteiger partial charge in [0, 0.05) is 55.6 Å². The van der Waals surface area contributed by atoms with Crippen molar-refractivity contribution in [1.82, 2.24) is 9.47 Å². The number of fused-ring (bicyclic) bond motifs is 1. The predicted octanol–water partition coefficient (Wildman–Crippen LogP) is 2.09. The number of morpholine rings is 1. The minimum atomic E-state index is -0.297. The van der Waals surface area contributed by atoms with Gasteiger partial charge >= 0.3 is 0 Å². The number of anilines is 1. The molecule has 1 N–H and O–H groups in total. The molecule has 2 aliphatic rings. The van der Waals surface area contributed by atoms with Crippen LogP contribution >= 0.6 is 0 Å². The second kappa shape index (κ2) is 7.56. The number of carbonyl (C=O) groups excluding carboxylic acids is 1. The molecule has 2 aromatic rings. The largest absolute Gasteiger partial charge is 0.379 e. The Labute approximate surface area is 147 Å². The van der Waals surface area contributed by atoms with E-state index in [9.17, 15) is 4.79 Å². The number of rotatable bonds is 5. The molecule has 0 unspecified atom stereocenters. The van der Waals surface area contributed by atoms with Crippen molar-refractivity contribution < 1.29 is 14.3 Å². The lowest BCUT2D eigenvalue weighted by molar-refractivity contribution is -0.124. The van der Waals surface area contributed by atoms with E-state index in [1.54, 1.807) is 0 Å². The van der Waals surface area contributed by atoms with Crippen LogP contribution in [0.25, 0.3) is 10.9 Å². The minimum Gasteiger partial charge on any atom is -0.379 e. The maximum Gasteiger partial charge on any atom is 0.253 e. The second-order valence-corrected chi connectivity index (χ2v) is 6.73. The maximum atomic E-state index is 12.2. The molecule has 2 aliphatic heterocycles. The lowest BCUT2D eigenvalue weighted by atomic mass is 10.2. The van der Waals surface area contributed by atoms with Crippen molar-refractivity contribution in [3.05, 3.63) is 30.5 Å². The van der Waals surface area contributed by atoms with Gasteiger partial charge < -0.3 is 19.4 Å². The number of carbonyl (C=O) groups is 1. The molecule has 6 heteroatoms. The van der Waals surface area contributed by atoms with Crippen LogP contribution in [-0.2, 0) is 20.8 Å². The Kier molecular flexibility index (Phi) is 5.01. The molecule has 3 heterocycles. The van der Waals surface area contributed by atoms with E-state index in [4.69, 9.17) is 9.47 Å². The zero-order chi connectivity index (χ0) is 17.1. The molecule has 6 nitrogen and oxygen atoms in total. The fourth-order valence-corrected chi connectivity index (χ4v) is 3.55. The van der Waals surface area contributed by atoms with E-state index in [0.29, 0.717) is 6.61 Å². The first kappa shape index (κ1) is 16.6. The van der Waals surface area contributed by atoms with Gasteiger partial charge in [-0.25, -0.2) is 0 Å². The van der Waals surface area contributed by atoms with Crippen LogP contribution in [0.15, 0.2) is 30.5 Å². The van der Waals surface area contributed by atoms with Crippen LogP contribution < -0.4 is 5.32 Å². The van der Waals surface area contributed by atoms with Gasteiger partial charge in [-0.3, -0.25) is 9.69 Å². The smallest absolute Gasteiger partial charge is 0.253 e. The van der Waals surface area contributed by atoms with Crippen molar-refractivity contribution in [3.8, 4) is 0 Å². The topological polar surface area (TPSA) is 55.7 Å². The average molecular weight is 343 g/mol. The number of nitrogens with one attached hydrogen (secondary N) is 1. The Morgan fingerprint density at radius 1 is 1.16 bits per heavy atom. The van der Waals surface area contributed by atoms with E-state index < -0.39 is 0 Å². The number of ether oxygens (including phenoxy) is 2. The molecular formula is C19H25N3O3. The van der Waals surface area contributed by atoms with Crippen molar-refractivity contribution in [3.63, 3.8) is 0 Å². The molecule has 2 saturated heterocycles. The number of hydrogen-bond acceptors (Lipinski definition) is 4. The highest BCUT2D eigenvalue weighted by atomic mass is 16.5. The fraction of sp³-hybridized carbons (Fsp3) is 0.526. The Morgan fingerprint density at radius 2 is 2.04 bits per heavy atom. The first-order valence-corrected chi connectivity index (χ1v) is 9.11. The first-order chi connectivity index (χ1) is 12.3. The highest BCUT2D eigenvalue weighted by Crippen LogP contribution is 2.22. The molecular weight excluding hydrogens is 318 g/mol. The number of hydrogen-bond donors (Lipinski definition) is 1. The highest BCUT2D eigenvalue weighted by Gasteiger charge is 2.23. The number of benzene rings is 1. The SMILES string of the molecule is O=C(Nc1ccc2c(ccn2CCN2CCOCC2)c1)[C@@H]1CCCO1. The molecule has 1 amide bonds.